The van der Waals surface area contributed by atoms with Crippen LogP contribution in [0.2, 0.25) is 0 Å². The second-order valence-corrected chi connectivity index (χ2v) is 6.25. The number of benzene rings is 1. The van der Waals surface area contributed by atoms with E-state index in [1.54, 1.807) is 0 Å². The van der Waals surface area contributed by atoms with Crippen LogP contribution in [0.3, 0.4) is 0 Å². The summed E-state index contributed by atoms with van der Waals surface area (Å²) in [5, 5.41) is 0. The van der Waals surface area contributed by atoms with Crippen LogP contribution in [-0.4, -0.2) is 35.5 Å². The molecule has 0 atom stereocenters. The molecule has 1 fully saturated rings. The summed E-state index contributed by atoms with van der Waals surface area (Å²) in [6.07, 6.45) is 2.90. The molecule has 110 valence electrons. The van der Waals surface area contributed by atoms with E-state index in [-0.39, 0.29) is 5.91 Å². The van der Waals surface area contributed by atoms with Crippen molar-refractivity contribution in [3.63, 3.8) is 0 Å². The van der Waals surface area contributed by atoms with Crippen molar-refractivity contribution in [1.82, 2.24) is 4.90 Å². The van der Waals surface area contributed by atoms with Crippen LogP contribution < -0.4 is 4.74 Å². The van der Waals surface area contributed by atoms with Crippen LogP contribution in [0, 0.1) is 0 Å². The molecule has 0 bridgehead atoms. The Kier molecular flexibility index (Phi) is 6.25. The van der Waals surface area contributed by atoms with Gasteiger partial charge in [0.05, 0.1) is 6.61 Å². The molecule has 1 aromatic rings. The zero-order chi connectivity index (χ0) is 14.2. The van der Waals surface area contributed by atoms with E-state index in [0.29, 0.717) is 13.0 Å². The molecule has 0 aromatic heterocycles. The first-order chi connectivity index (χ1) is 9.79. The molecule has 1 heterocycles. The van der Waals surface area contributed by atoms with Crippen molar-refractivity contribution >= 4 is 17.7 Å². The summed E-state index contributed by atoms with van der Waals surface area (Å²) in [6.45, 7) is 4.51. The summed E-state index contributed by atoms with van der Waals surface area (Å²) in [5.74, 6) is 3.20. The predicted molar refractivity (Wildman–Crippen MR) is 84.2 cm³/mol. The minimum absolute atomic E-state index is 0.276. The lowest BCUT2D eigenvalue weighted by atomic mass is 10.2. The molecule has 4 heteroatoms. The monoisotopic (exact) mass is 293 g/mol. The maximum absolute atomic E-state index is 11.9. The first kappa shape index (κ1) is 15.2. The average molecular weight is 293 g/mol. The van der Waals surface area contributed by atoms with Gasteiger partial charge in [-0.15, -0.1) is 0 Å². The number of carbonyl (C=O) groups is 1. The van der Waals surface area contributed by atoms with Crippen molar-refractivity contribution in [3.05, 3.63) is 29.8 Å². The van der Waals surface area contributed by atoms with Crippen LogP contribution >= 0.6 is 11.8 Å². The van der Waals surface area contributed by atoms with Gasteiger partial charge in [0.25, 0.3) is 0 Å². The van der Waals surface area contributed by atoms with E-state index in [0.717, 1.165) is 43.2 Å². The van der Waals surface area contributed by atoms with Gasteiger partial charge in [-0.2, -0.15) is 11.8 Å². The van der Waals surface area contributed by atoms with E-state index in [4.69, 9.17) is 4.74 Å². The molecule has 1 aliphatic heterocycles. The highest BCUT2D eigenvalue weighted by atomic mass is 32.2. The fourth-order valence-electron chi connectivity index (χ4n) is 2.13. The van der Waals surface area contributed by atoms with Crippen LogP contribution in [0.25, 0.3) is 0 Å². The number of hydrogen-bond donors (Lipinski definition) is 0. The molecule has 1 amide bonds. The lowest BCUT2D eigenvalue weighted by molar-refractivity contribution is -0.130. The lowest BCUT2D eigenvalue weighted by Gasteiger charge is -2.20. The molecule has 3 nitrogen and oxygen atoms in total. The van der Waals surface area contributed by atoms with Crippen molar-refractivity contribution in [2.24, 2.45) is 0 Å². The molecule has 0 unspecified atom stereocenters. The standard InChI is InChI=1S/C16H23NO2S/c1-2-3-10-19-15-6-4-14(5-7-15)13-17-9-12-20-11-8-16(17)18/h4-7H,2-3,8-13H2,1H3. The molecule has 0 spiro atoms. The summed E-state index contributed by atoms with van der Waals surface area (Å²) in [5.41, 5.74) is 1.17. The Balaban J connectivity index is 1.87. The minimum Gasteiger partial charge on any atom is -0.494 e. The van der Waals surface area contributed by atoms with Crippen LogP contribution in [0.5, 0.6) is 5.75 Å². The third-order valence-corrected chi connectivity index (χ3v) is 4.35. The summed E-state index contributed by atoms with van der Waals surface area (Å²) < 4.78 is 5.65. The lowest BCUT2D eigenvalue weighted by Crippen LogP contribution is -2.30. The third-order valence-electron chi connectivity index (χ3n) is 3.38. The Labute approximate surface area is 125 Å². The number of hydrogen-bond acceptors (Lipinski definition) is 3. The van der Waals surface area contributed by atoms with Gasteiger partial charge in [0.2, 0.25) is 5.91 Å². The number of thioether (sulfide) groups is 1. The summed E-state index contributed by atoms with van der Waals surface area (Å²) in [6, 6.07) is 8.13. The molecular formula is C16H23NO2S. The van der Waals surface area contributed by atoms with Gasteiger partial charge in [-0.1, -0.05) is 25.5 Å². The van der Waals surface area contributed by atoms with E-state index in [2.05, 4.69) is 19.1 Å². The second kappa shape index (κ2) is 8.20. The number of carbonyl (C=O) groups excluding carboxylic acids is 1. The molecule has 0 saturated carbocycles. The SMILES string of the molecule is CCCCOc1ccc(CN2CCSCCC2=O)cc1. The van der Waals surface area contributed by atoms with E-state index in [1.807, 2.05) is 28.8 Å². The van der Waals surface area contributed by atoms with Gasteiger partial charge in [-0.25, -0.2) is 0 Å². The Bertz CT molecular complexity index is 419. The van der Waals surface area contributed by atoms with Gasteiger partial charge < -0.3 is 9.64 Å². The Hall–Kier alpha value is -1.16. The first-order valence-electron chi connectivity index (χ1n) is 7.37. The molecule has 20 heavy (non-hydrogen) atoms. The van der Waals surface area contributed by atoms with E-state index in [9.17, 15) is 4.79 Å². The fraction of sp³-hybridized carbons (Fsp3) is 0.562. The molecule has 0 radical (unpaired) electrons. The second-order valence-electron chi connectivity index (χ2n) is 5.02. The van der Waals surface area contributed by atoms with E-state index < -0.39 is 0 Å². The van der Waals surface area contributed by atoms with Crippen molar-refractivity contribution in [2.45, 2.75) is 32.7 Å². The zero-order valence-electron chi connectivity index (χ0n) is 12.1. The summed E-state index contributed by atoms with van der Waals surface area (Å²) >= 11 is 1.86. The van der Waals surface area contributed by atoms with Crippen molar-refractivity contribution in [1.29, 1.82) is 0 Å². The van der Waals surface area contributed by atoms with Gasteiger partial charge in [0, 0.05) is 31.0 Å². The largest absolute Gasteiger partial charge is 0.494 e. The molecule has 1 aliphatic rings. The molecule has 1 saturated heterocycles. The number of unbranched alkanes of at least 4 members (excludes halogenated alkanes) is 1. The number of nitrogens with zero attached hydrogens (tertiary/aromatic N) is 1. The van der Waals surface area contributed by atoms with Crippen molar-refractivity contribution in [3.8, 4) is 5.75 Å². The zero-order valence-corrected chi connectivity index (χ0v) is 13.0. The maximum atomic E-state index is 11.9. The molecule has 1 aromatic carbocycles. The molecular weight excluding hydrogens is 270 g/mol. The highest BCUT2D eigenvalue weighted by molar-refractivity contribution is 7.99. The van der Waals surface area contributed by atoms with Gasteiger partial charge in [0.15, 0.2) is 0 Å². The van der Waals surface area contributed by atoms with Gasteiger partial charge >= 0.3 is 0 Å². The molecule has 2 rings (SSSR count). The topological polar surface area (TPSA) is 29.5 Å². The first-order valence-corrected chi connectivity index (χ1v) is 8.52. The number of ether oxygens (including phenoxy) is 1. The van der Waals surface area contributed by atoms with Crippen molar-refractivity contribution < 1.29 is 9.53 Å². The highest BCUT2D eigenvalue weighted by Crippen LogP contribution is 2.17. The predicted octanol–water partition coefficient (Wildman–Crippen LogP) is 3.33. The van der Waals surface area contributed by atoms with Crippen LogP contribution in [-0.2, 0) is 11.3 Å². The van der Waals surface area contributed by atoms with Crippen LogP contribution in [0.4, 0.5) is 0 Å². The van der Waals surface area contributed by atoms with Gasteiger partial charge in [-0.3, -0.25) is 4.79 Å². The number of amides is 1. The van der Waals surface area contributed by atoms with Crippen LogP contribution in [0.15, 0.2) is 24.3 Å². The quantitative estimate of drug-likeness (QED) is 0.754. The number of rotatable bonds is 6. The smallest absolute Gasteiger partial charge is 0.223 e. The average Bonchev–Trinajstić information content (AvgIpc) is 2.66. The normalized spacial score (nSPS) is 16.1. The Morgan fingerprint density at radius 2 is 2.05 bits per heavy atom. The Morgan fingerprint density at radius 1 is 1.25 bits per heavy atom. The highest BCUT2D eigenvalue weighted by Gasteiger charge is 2.16. The van der Waals surface area contributed by atoms with Gasteiger partial charge in [-0.05, 0) is 24.1 Å². The van der Waals surface area contributed by atoms with Gasteiger partial charge in [0.1, 0.15) is 5.75 Å². The molecule has 0 N–H and O–H groups in total. The summed E-state index contributed by atoms with van der Waals surface area (Å²) in [7, 11) is 0. The van der Waals surface area contributed by atoms with Crippen LogP contribution in [0.1, 0.15) is 31.7 Å². The van der Waals surface area contributed by atoms with Crippen molar-refractivity contribution in [2.75, 3.05) is 24.7 Å². The Morgan fingerprint density at radius 3 is 2.80 bits per heavy atom. The third kappa shape index (κ3) is 4.75. The van der Waals surface area contributed by atoms with E-state index >= 15 is 0 Å². The molecule has 0 aliphatic carbocycles. The minimum atomic E-state index is 0.276. The summed E-state index contributed by atoms with van der Waals surface area (Å²) in [4.78, 5) is 13.9. The fourth-order valence-corrected chi connectivity index (χ4v) is 3.00. The maximum Gasteiger partial charge on any atom is 0.223 e. The van der Waals surface area contributed by atoms with E-state index in [1.165, 1.54) is 5.56 Å².